The average Bonchev–Trinajstić information content (AvgIpc) is 2.47. The third-order valence-corrected chi connectivity index (χ3v) is 3.98. The Bertz CT molecular complexity index is 718. The highest BCUT2D eigenvalue weighted by Gasteiger charge is 2.31. The zero-order valence-electron chi connectivity index (χ0n) is 11.1. The molecule has 10 heteroatoms. The van der Waals surface area contributed by atoms with E-state index in [0.29, 0.717) is 18.1 Å². The highest BCUT2D eigenvalue weighted by molar-refractivity contribution is 7.89. The Morgan fingerprint density at radius 2 is 1.77 bits per heavy atom. The first-order valence-electron chi connectivity index (χ1n) is 6.08. The highest BCUT2D eigenvalue weighted by atomic mass is 32.2. The number of nitrogens with zero attached hydrogens (tertiary/aromatic N) is 3. The van der Waals surface area contributed by atoms with Crippen molar-refractivity contribution in [3.63, 3.8) is 0 Å². The molecule has 0 aliphatic carbocycles. The zero-order chi connectivity index (χ0) is 16.2. The first-order chi connectivity index (χ1) is 10.3. The van der Waals surface area contributed by atoms with E-state index in [1.165, 1.54) is 12.4 Å². The quantitative estimate of drug-likeness (QED) is 0.895. The molecule has 0 aliphatic rings. The molecule has 0 fully saturated rings. The Labute approximate surface area is 124 Å². The molecule has 0 amide bonds. The van der Waals surface area contributed by atoms with Crippen LogP contribution in [0.3, 0.4) is 0 Å². The van der Waals surface area contributed by atoms with E-state index in [0.717, 1.165) is 6.07 Å². The Morgan fingerprint density at radius 3 is 2.32 bits per heavy atom. The van der Waals surface area contributed by atoms with Gasteiger partial charge in [-0.05, 0) is 18.2 Å². The van der Waals surface area contributed by atoms with Crippen LogP contribution in [-0.4, -0.2) is 29.9 Å². The lowest BCUT2D eigenvalue weighted by Crippen LogP contribution is -2.27. The van der Waals surface area contributed by atoms with Crippen molar-refractivity contribution in [1.82, 2.24) is 19.7 Å². The Hall–Kier alpha value is -2.07. The summed E-state index contributed by atoms with van der Waals surface area (Å²) in [4.78, 5) is 11.2. The van der Waals surface area contributed by atoms with Crippen molar-refractivity contribution in [2.24, 2.45) is 0 Å². The molecular weight excluding hydrogens is 321 g/mol. The third-order valence-electron chi connectivity index (χ3n) is 2.60. The van der Waals surface area contributed by atoms with E-state index in [2.05, 4.69) is 19.7 Å². The summed E-state index contributed by atoms with van der Waals surface area (Å²) in [5, 5.41) is -0.477. The summed E-state index contributed by atoms with van der Waals surface area (Å²) in [7, 11) is -3.98. The first kappa shape index (κ1) is 16.3. The minimum absolute atomic E-state index is 0.00898. The topological polar surface area (TPSA) is 84.8 Å². The van der Waals surface area contributed by atoms with Crippen molar-refractivity contribution in [2.75, 3.05) is 6.54 Å². The molecule has 0 saturated heterocycles. The molecule has 2 heterocycles. The van der Waals surface area contributed by atoms with Gasteiger partial charge in [-0.25, -0.2) is 28.1 Å². The largest absolute Gasteiger partial charge is 0.417 e. The van der Waals surface area contributed by atoms with Crippen LogP contribution in [0.2, 0.25) is 0 Å². The Kier molecular flexibility index (Phi) is 4.71. The summed E-state index contributed by atoms with van der Waals surface area (Å²) in [6.07, 6.45) is -0.786. The van der Waals surface area contributed by atoms with Gasteiger partial charge in [-0.15, -0.1) is 0 Å². The summed E-state index contributed by atoms with van der Waals surface area (Å²) >= 11 is 0. The van der Waals surface area contributed by atoms with E-state index in [1.807, 2.05) is 0 Å². The number of alkyl halides is 3. The SMILES string of the molecule is O=S(=O)(NCCc1ncccn1)c1ccc(C(F)(F)F)cn1. The predicted molar refractivity (Wildman–Crippen MR) is 70.2 cm³/mol. The second kappa shape index (κ2) is 6.36. The number of sulfonamides is 1. The van der Waals surface area contributed by atoms with Gasteiger partial charge in [0.2, 0.25) is 0 Å². The lowest BCUT2D eigenvalue weighted by atomic mass is 10.3. The maximum absolute atomic E-state index is 12.4. The minimum atomic E-state index is -4.56. The molecule has 0 radical (unpaired) electrons. The van der Waals surface area contributed by atoms with Gasteiger partial charge >= 0.3 is 6.18 Å². The van der Waals surface area contributed by atoms with E-state index < -0.39 is 26.8 Å². The molecular formula is C12H11F3N4O2S. The lowest BCUT2D eigenvalue weighted by Gasteiger charge is -2.08. The molecule has 0 unspecified atom stereocenters. The smallest absolute Gasteiger partial charge is 0.243 e. The van der Waals surface area contributed by atoms with Crippen LogP contribution in [0.25, 0.3) is 0 Å². The van der Waals surface area contributed by atoms with Crippen LogP contribution in [0.4, 0.5) is 13.2 Å². The number of halogens is 3. The van der Waals surface area contributed by atoms with Crippen molar-refractivity contribution in [2.45, 2.75) is 17.6 Å². The van der Waals surface area contributed by atoms with Crippen LogP contribution >= 0.6 is 0 Å². The summed E-state index contributed by atoms with van der Waals surface area (Å²) in [5.41, 5.74) is -1.01. The van der Waals surface area contributed by atoms with E-state index >= 15 is 0 Å². The third kappa shape index (κ3) is 4.21. The number of nitrogens with one attached hydrogen (secondary N) is 1. The zero-order valence-corrected chi connectivity index (χ0v) is 11.9. The van der Waals surface area contributed by atoms with Gasteiger partial charge in [-0.2, -0.15) is 13.2 Å². The minimum Gasteiger partial charge on any atom is -0.243 e. The van der Waals surface area contributed by atoms with Gasteiger partial charge in [0.1, 0.15) is 5.82 Å². The predicted octanol–water partition coefficient (Wildman–Crippen LogP) is 1.41. The van der Waals surface area contributed by atoms with Crippen LogP contribution in [0.1, 0.15) is 11.4 Å². The highest BCUT2D eigenvalue weighted by Crippen LogP contribution is 2.28. The molecule has 118 valence electrons. The van der Waals surface area contributed by atoms with Crippen LogP contribution in [0, 0.1) is 0 Å². The molecule has 2 aromatic heterocycles. The number of hydrogen-bond acceptors (Lipinski definition) is 5. The van der Waals surface area contributed by atoms with Gasteiger partial charge in [0, 0.05) is 31.6 Å². The molecule has 0 atom stereocenters. The molecule has 1 N–H and O–H groups in total. The number of aromatic nitrogens is 3. The standard InChI is InChI=1S/C12H11F3N4O2S/c13-12(14,15)9-2-3-11(18-8-9)22(20,21)19-7-4-10-16-5-1-6-17-10/h1-3,5-6,8,19H,4,7H2. The fourth-order valence-corrected chi connectivity index (χ4v) is 2.49. The van der Waals surface area contributed by atoms with Crippen LogP contribution in [0.15, 0.2) is 41.8 Å². The molecule has 0 spiro atoms. The van der Waals surface area contributed by atoms with E-state index in [9.17, 15) is 21.6 Å². The van der Waals surface area contributed by atoms with Gasteiger partial charge in [0.05, 0.1) is 5.56 Å². The summed E-state index contributed by atoms with van der Waals surface area (Å²) in [6.45, 7) is 0.00898. The van der Waals surface area contributed by atoms with Gasteiger partial charge in [0.25, 0.3) is 10.0 Å². The van der Waals surface area contributed by atoms with Crippen molar-refractivity contribution in [1.29, 1.82) is 0 Å². The average molecular weight is 332 g/mol. The number of hydrogen-bond donors (Lipinski definition) is 1. The van der Waals surface area contributed by atoms with Crippen molar-refractivity contribution < 1.29 is 21.6 Å². The van der Waals surface area contributed by atoms with Crippen LogP contribution < -0.4 is 4.72 Å². The van der Waals surface area contributed by atoms with Crippen LogP contribution in [0.5, 0.6) is 0 Å². The van der Waals surface area contributed by atoms with Crippen LogP contribution in [-0.2, 0) is 22.6 Å². The van der Waals surface area contributed by atoms with Crippen molar-refractivity contribution in [3.05, 3.63) is 48.2 Å². The number of rotatable bonds is 5. The van der Waals surface area contributed by atoms with Crippen molar-refractivity contribution >= 4 is 10.0 Å². The molecule has 0 aromatic carbocycles. The molecule has 2 rings (SSSR count). The fraction of sp³-hybridized carbons (Fsp3) is 0.250. The Morgan fingerprint density at radius 1 is 1.09 bits per heavy atom. The normalized spacial score (nSPS) is 12.3. The van der Waals surface area contributed by atoms with Gasteiger partial charge in [-0.1, -0.05) is 0 Å². The summed E-state index contributed by atoms with van der Waals surface area (Å²) < 4.78 is 63.2. The van der Waals surface area contributed by atoms with Crippen molar-refractivity contribution in [3.8, 4) is 0 Å². The molecule has 6 nitrogen and oxygen atoms in total. The van der Waals surface area contributed by atoms with Gasteiger partial charge < -0.3 is 0 Å². The molecule has 22 heavy (non-hydrogen) atoms. The van der Waals surface area contributed by atoms with E-state index in [-0.39, 0.29) is 13.0 Å². The monoisotopic (exact) mass is 332 g/mol. The van der Waals surface area contributed by atoms with Gasteiger partial charge in [-0.3, -0.25) is 0 Å². The molecule has 0 aliphatic heterocycles. The van der Waals surface area contributed by atoms with Gasteiger partial charge in [0.15, 0.2) is 5.03 Å². The first-order valence-corrected chi connectivity index (χ1v) is 7.56. The summed E-state index contributed by atoms with van der Waals surface area (Å²) in [5.74, 6) is 0.450. The second-order valence-electron chi connectivity index (χ2n) is 4.20. The lowest BCUT2D eigenvalue weighted by molar-refractivity contribution is -0.137. The fourth-order valence-electron chi connectivity index (χ4n) is 1.54. The Balaban J connectivity index is 2.01. The summed E-state index contributed by atoms with van der Waals surface area (Å²) in [6, 6.07) is 3.10. The maximum Gasteiger partial charge on any atom is 0.417 e. The molecule has 2 aromatic rings. The second-order valence-corrected chi connectivity index (χ2v) is 5.91. The molecule has 0 bridgehead atoms. The maximum atomic E-state index is 12.4. The molecule has 0 saturated carbocycles. The van der Waals surface area contributed by atoms with E-state index in [1.54, 1.807) is 6.07 Å². The number of pyridine rings is 1. The van der Waals surface area contributed by atoms with E-state index in [4.69, 9.17) is 0 Å².